The van der Waals surface area contributed by atoms with E-state index in [-0.39, 0.29) is 11.1 Å². The Kier molecular flexibility index (Phi) is 4.57. The van der Waals surface area contributed by atoms with Gasteiger partial charge >= 0.3 is 6.18 Å². The Hall–Kier alpha value is -2.54. The summed E-state index contributed by atoms with van der Waals surface area (Å²) >= 11 is 5.85. The third-order valence-electron chi connectivity index (χ3n) is 4.49. The molecule has 1 aliphatic rings. The Balaban J connectivity index is 1.69. The maximum atomic E-state index is 13.5. The van der Waals surface area contributed by atoms with Crippen LogP contribution in [0.2, 0.25) is 5.02 Å². The Bertz CT molecular complexity index is 1000. The zero-order valence-electron chi connectivity index (χ0n) is 14.3. The first-order chi connectivity index (χ1) is 13.3. The molecular weight excluding hydrogens is 393 g/mol. The lowest BCUT2D eigenvalue weighted by Gasteiger charge is -2.26. The van der Waals surface area contributed by atoms with Crippen molar-refractivity contribution >= 4 is 11.6 Å². The largest absolute Gasteiger partial charge is 0.457 e. The summed E-state index contributed by atoms with van der Waals surface area (Å²) in [4.78, 5) is 0. The number of fused-ring (bicyclic) bond motifs is 1. The van der Waals surface area contributed by atoms with Gasteiger partial charge in [-0.25, -0.2) is 0 Å². The number of ether oxygens (including phenoxy) is 2. The zero-order valence-corrected chi connectivity index (χ0v) is 15.0. The van der Waals surface area contributed by atoms with Crippen LogP contribution in [0.15, 0.2) is 72.8 Å². The van der Waals surface area contributed by atoms with Crippen LogP contribution in [0.25, 0.3) is 0 Å². The monoisotopic (exact) mass is 406 g/mol. The van der Waals surface area contributed by atoms with Crippen LogP contribution in [0.4, 0.5) is 13.2 Å². The molecule has 3 aromatic carbocycles. The smallest absolute Gasteiger partial charge is 0.448 e. The highest BCUT2D eigenvalue weighted by Crippen LogP contribution is 2.52. The molecule has 0 bridgehead atoms. The van der Waals surface area contributed by atoms with E-state index in [0.29, 0.717) is 22.1 Å². The molecule has 7 heteroatoms. The molecule has 3 nitrogen and oxygen atoms in total. The predicted octanol–water partition coefficient (Wildman–Crippen LogP) is 5.96. The van der Waals surface area contributed by atoms with Crippen LogP contribution < -0.4 is 4.74 Å². The second-order valence-corrected chi connectivity index (χ2v) is 6.79. The fourth-order valence-electron chi connectivity index (χ4n) is 3.18. The number of halogens is 4. The first-order valence-electron chi connectivity index (χ1n) is 8.38. The maximum Gasteiger partial charge on any atom is 0.448 e. The van der Waals surface area contributed by atoms with Crippen LogP contribution >= 0.6 is 11.6 Å². The van der Waals surface area contributed by atoms with Gasteiger partial charge in [0.25, 0.3) is 5.79 Å². The van der Waals surface area contributed by atoms with Crippen molar-refractivity contribution in [2.45, 2.75) is 18.1 Å². The average Bonchev–Trinajstić information content (AvgIpc) is 2.99. The third-order valence-corrected chi connectivity index (χ3v) is 4.74. The summed E-state index contributed by atoms with van der Waals surface area (Å²) in [7, 11) is 0. The Morgan fingerprint density at radius 2 is 1.64 bits per heavy atom. The molecule has 1 aliphatic heterocycles. The molecule has 0 aliphatic carbocycles. The van der Waals surface area contributed by atoms with Gasteiger partial charge in [0.15, 0.2) is 0 Å². The first kappa shape index (κ1) is 18.8. The Morgan fingerprint density at radius 1 is 0.929 bits per heavy atom. The molecule has 144 valence electrons. The molecule has 4 rings (SSSR count). The van der Waals surface area contributed by atoms with Crippen LogP contribution in [0.3, 0.4) is 0 Å². The molecule has 3 aromatic rings. The quantitative estimate of drug-likeness (QED) is 0.583. The third kappa shape index (κ3) is 3.24. The molecule has 2 unspecified atom stereocenters. The molecule has 2 atom stereocenters. The second-order valence-electron chi connectivity index (χ2n) is 6.36. The summed E-state index contributed by atoms with van der Waals surface area (Å²) in [5, 5.41) is 10.8. The molecule has 28 heavy (non-hydrogen) atoms. The summed E-state index contributed by atoms with van der Waals surface area (Å²) in [5.41, 5.74) is 0.376. The van der Waals surface area contributed by atoms with Crippen molar-refractivity contribution in [3.05, 3.63) is 94.5 Å². The van der Waals surface area contributed by atoms with Crippen molar-refractivity contribution in [2.75, 3.05) is 0 Å². The number of aliphatic hydroxyl groups is 1. The van der Waals surface area contributed by atoms with Gasteiger partial charge in [-0.3, -0.25) is 0 Å². The highest BCUT2D eigenvalue weighted by atomic mass is 35.5. The van der Waals surface area contributed by atoms with Crippen LogP contribution in [-0.2, 0) is 10.5 Å². The van der Waals surface area contributed by atoms with Crippen LogP contribution in [0.1, 0.15) is 22.8 Å². The highest BCUT2D eigenvalue weighted by molar-refractivity contribution is 6.30. The standard InChI is InChI=1S/C21H14ClF3O3/c22-14-8-10-15(11-9-14)27-16-5-3-4-13(12-16)19-17-6-1-2-7-18(17)20(26,28-19)21(23,24)25/h1-12,19,26H. The molecule has 1 heterocycles. The van der Waals surface area contributed by atoms with Crippen molar-refractivity contribution in [3.63, 3.8) is 0 Å². The molecule has 1 N–H and O–H groups in total. The minimum absolute atomic E-state index is 0.256. The number of benzene rings is 3. The number of rotatable bonds is 3. The van der Waals surface area contributed by atoms with E-state index in [1.807, 2.05) is 0 Å². The fraction of sp³-hybridized carbons (Fsp3) is 0.143. The fourth-order valence-corrected chi connectivity index (χ4v) is 3.30. The van der Waals surface area contributed by atoms with Gasteiger partial charge in [0.1, 0.15) is 17.6 Å². The van der Waals surface area contributed by atoms with E-state index in [4.69, 9.17) is 21.1 Å². The van der Waals surface area contributed by atoms with Crippen molar-refractivity contribution in [1.29, 1.82) is 0 Å². The maximum absolute atomic E-state index is 13.5. The summed E-state index contributed by atoms with van der Waals surface area (Å²) < 4.78 is 51.4. The molecule has 0 aromatic heterocycles. The number of hydrogen-bond donors (Lipinski definition) is 1. The van der Waals surface area contributed by atoms with E-state index < -0.39 is 18.1 Å². The average molecular weight is 407 g/mol. The first-order valence-corrected chi connectivity index (χ1v) is 8.75. The zero-order chi connectivity index (χ0) is 19.9. The van der Waals surface area contributed by atoms with E-state index in [9.17, 15) is 18.3 Å². The molecular formula is C21H14ClF3O3. The van der Waals surface area contributed by atoms with Gasteiger partial charge < -0.3 is 14.6 Å². The SMILES string of the molecule is OC1(C(F)(F)F)OC(c2cccc(Oc3ccc(Cl)cc3)c2)c2ccccc21. The lowest BCUT2D eigenvalue weighted by Crippen LogP contribution is -2.42. The summed E-state index contributed by atoms with van der Waals surface area (Å²) in [6.45, 7) is 0. The van der Waals surface area contributed by atoms with E-state index in [2.05, 4.69) is 0 Å². The van der Waals surface area contributed by atoms with E-state index in [0.717, 1.165) is 0 Å². The lowest BCUT2D eigenvalue weighted by atomic mass is 9.96. The molecule has 0 saturated carbocycles. The summed E-state index contributed by atoms with van der Waals surface area (Å²) in [6.07, 6.45) is -6.06. The van der Waals surface area contributed by atoms with Crippen LogP contribution in [-0.4, -0.2) is 11.3 Å². The normalized spacial score (nSPS) is 21.4. The van der Waals surface area contributed by atoms with Crippen molar-refractivity contribution in [3.8, 4) is 11.5 Å². The van der Waals surface area contributed by atoms with Crippen molar-refractivity contribution < 1.29 is 27.8 Å². The minimum Gasteiger partial charge on any atom is -0.457 e. The van der Waals surface area contributed by atoms with Crippen molar-refractivity contribution in [2.24, 2.45) is 0 Å². The molecule has 0 amide bonds. The number of hydrogen-bond acceptors (Lipinski definition) is 3. The Morgan fingerprint density at radius 3 is 2.36 bits per heavy atom. The molecule has 0 fully saturated rings. The minimum atomic E-state index is -4.98. The number of alkyl halides is 3. The topological polar surface area (TPSA) is 38.7 Å². The van der Waals surface area contributed by atoms with E-state index >= 15 is 0 Å². The van der Waals surface area contributed by atoms with Crippen LogP contribution in [0, 0.1) is 0 Å². The van der Waals surface area contributed by atoms with Gasteiger partial charge in [0.2, 0.25) is 0 Å². The van der Waals surface area contributed by atoms with Crippen molar-refractivity contribution in [1.82, 2.24) is 0 Å². The van der Waals surface area contributed by atoms with Gasteiger partial charge in [-0.15, -0.1) is 0 Å². The molecule has 0 saturated heterocycles. The summed E-state index contributed by atoms with van der Waals surface area (Å²) in [5.74, 6) is -2.41. The van der Waals surface area contributed by atoms with E-state index in [1.165, 1.54) is 18.2 Å². The summed E-state index contributed by atoms with van der Waals surface area (Å²) in [6, 6.07) is 19.0. The highest BCUT2D eigenvalue weighted by Gasteiger charge is 2.62. The lowest BCUT2D eigenvalue weighted by molar-refractivity contribution is -0.375. The predicted molar refractivity (Wildman–Crippen MR) is 97.3 cm³/mol. The van der Waals surface area contributed by atoms with Gasteiger partial charge in [0.05, 0.1) is 0 Å². The second kappa shape index (κ2) is 6.81. The molecule has 0 spiro atoms. The molecule has 0 radical (unpaired) electrons. The van der Waals surface area contributed by atoms with Gasteiger partial charge in [-0.2, -0.15) is 13.2 Å². The van der Waals surface area contributed by atoms with E-state index in [1.54, 1.807) is 54.6 Å². The Labute approximate surface area is 163 Å². The van der Waals surface area contributed by atoms with Gasteiger partial charge in [-0.1, -0.05) is 48.0 Å². The van der Waals surface area contributed by atoms with Gasteiger partial charge in [-0.05, 0) is 47.5 Å². The van der Waals surface area contributed by atoms with Gasteiger partial charge in [0, 0.05) is 10.6 Å². The van der Waals surface area contributed by atoms with Crippen LogP contribution in [0.5, 0.6) is 11.5 Å².